The molecule has 0 radical (unpaired) electrons. The number of aromatic nitrogens is 2. The fraction of sp³-hybridized carbons (Fsp3) is 0.375. The molecule has 0 fully saturated rings. The number of benzene rings is 1. The van der Waals surface area contributed by atoms with E-state index in [4.69, 9.17) is 11.6 Å². The van der Waals surface area contributed by atoms with E-state index in [-0.39, 0.29) is 22.8 Å². The number of fused-ring (bicyclic) bond motifs is 1. The summed E-state index contributed by atoms with van der Waals surface area (Å²) in [5.74, 6) is 0.796. The third kappa shape index (κ3) is 3.05. The van der Waals surface area contributed by atoms with E-state index in [1.54, 1.807) is 16.8 Å². The van der Waals surface area contributed by atoms with Crippen LogP contribution in [0.25, 0.3) is 0 Å². The monoisotopic (exact) mass is 351 g/mol. The van der Waals surface area contributed by atoms with Gasteiger partial charge in [0.2, 0.25) is 5.91 Å². The van der Waals surface area contributed by atoms with Crippen LogP contribution in [0.2, 0.25) is 5.02 Å². The Morgan fingerprint density at radius 3 is 2.70 bits per heavy atom. The van der Waals surface area contributed by atoms with Gasteiger partial charge in [-0.25, -0.2) is 0 Å². The van der Waals surface area contributed by atoms with Gasteiger partial charge < -0.3 is 5.32 Å². The van der Waals surface area contributed by atoms with Crippen LogP contribution in [0.5, 0.6) is 0 Å². The Bertz CT molecular complexity index is 782. The van der Waals surface area contributed by atoms with E-state index in [0.29, 0.717) is 22.2 Å². The highest BCUT2D eigenvalue weighted by Gasteiger charge is 2.31. The van der Waals surface area contributed by atoms with Crippen molar-refractivity contribution in [3.05, 3.63) is 50.8 Å². The molecule has 3 rings (SSSR count). The molecule has 1 aliphatic heterocycles. The fourth-order valence-electron chi connectivity index (χ4n) is 2.66. The van der Waals surface area contributed by atoms with Crippen molar-refractivity contribution in [3.8, 4) is 0 Å². The zero-order valence-electron chi connectivity index (χ0n) is 12.9. The minimum absolute atomic E-state index is 0.0937. The summed E-state index contributed by atoms with van der Waals surface area (Å²) < 4.78 is 1.77. The predicted octanol–water partition coefficient (Wildman–Crippen LogP) is 3.58. The zero-order valence-corrected chi connectivity index (χ0v) is 14.5. The number of nitrogens with zero attached hydrogens (tertiary/aromatic N) is 1. The Kier molecular flexibility index (Phi) is 4.55. The van der Waals surface area contributed by atoms with E-state index in [2.05, 4.69) is 10.4 Å². The number of rotatable bonds is 3. The van der Waals surface area contributed by atoms with Crippen LogP contribution < -0.4 is 10.9 Å². The predicted molar refractivity (Wildman–Crippen MR) is 94.4 cm³/mol. The number of nitrogens with one attached hydrogen (secondary N) is 2. The summed E-state index contributed by atoms with van der Waals surface area (Å²) in [4.78, 5) is 24.6. The van der Waals surface area contributed by atoms with Gasteiger partial charge in [0, 0.05) is 11.1 Å². The van der Waals surface area contributed by atoms with Crippen LogP contribution in [-0.2, 0) is 4.79 Å². The minimum atomic E-state index is -0.199. The first-order chi connectivity index (χ1) is 11.0. The number of thioether (sulfide) groups is 1. The van der Waals surface area contributed by atoms with Gasteiger partial charge in [-0.1, -0.05) is 30.7 Å². The minimum Gasteiger partial charge on any atom is -0.310 e. The Labute approximate surface area is 143 Å². The second-order valence-electron chi connectivity index (χ2n) is 5.62. The van der Waals surface area contributed by atoms with Gasteiger partial charge in [0.15, 0.2) is 0 Å². The summed E-state index contributed by atoms with van der Waals surface area (Å²) in [6.45, 7) is 4.05. The number of hydrogen-bond donors (Lipinski definition) is 2. The quantitative estimate of drug-likeness (QED) is 0.888. The molecule has 1 aliphatic rings. The highest BCUT2D eigenvalue weighted by molar-refractivity contribution is 8.00. The first-order valence-electron chi connectivity index (χ1n) is 7.52. The van der Waals surface area contributed by atoms with Crippen LogP contribution in [0.3, 0.4) is 0 Å². The Morgan fingerprint density at radius 1 is 1.35 bits per heavy atom. The van der Waals surface area contributed by atoms with Gasteiger partial charge in [0.1, 0.15) is 5.82 Å². The second kappa shape index (κ2) is 6.45. The van der Waals surface area contributed by atoms with Crippen molar-refractivity contribution in [2.45, 2.75) is 31.6 Å². The van der Waals surface area contributed by atoms with Crippen molar-refractivity contribution in [1.82, 2.24) is 9.78 Å². The van der Waals surface area contributed by atoms with Gasteiger partial charge in [0.05, 0.1) is 16.6 Å². The number of carbonyl (C=O) groups excluding carboxylic acids is 1. The third-order valence-corrected chi connectivity index (χ3v) is 5.59. The summed E-state index contributed by atoms with van der Waals surface area (Å²) in [7, 11) is 0. The average Bonchev–Trinajstić information content (AvgIpc) is 2.74. The molecule has 5 nitrogen and oxygen atoms in total. The smallest absolute Gasteiger partial charge is 0.270 e. The largest absolute Gasteiger partial charge is 0.310 e. The fourth-order valence-corrected chi connectivity index (χ4v) is 3.91. The molecule has 2 N–H and O–H groups in total. The number of aromatic amines is 1. The molecule has 0 saturated carbocycles. The zero-order chi connectivity index (χ0) is 16.6. The molecule has 1 aromatic carbocycles. The van der Waals surface area contributed by atoms with E-state index in [1.165, 1.54) is 11.8 Å². The molecule has 0 aliphatic carbocycles. The van der Waals surface area contributed by atoms with Crippen LogP contribution in [0.4, 0.5) is 5.82 Å². The topological polar surface area (TPSA) is 66.9 Å². The SMILES string of the molecule is CC[C@H](C)n1[nH]c(=O)c2c1NC(=O)CS[C@@H]2c1ccc(Cl)cc1. The van der Waals surface area contributed by atoms with Gasteiger partial charge >= 0.3 is 0 Å². The molecule has 0 unspecified atom stereocenters. The van der Waals surface area contributed by atoms with Gasteiger partial charge in [-0.15, -0.1) is 11.8 Å². The van der Waals surface area contributed by atoms with E-state index in [1.807, 2.05) is 26.0 Å². The lowest BCUT2D eigenvalue weighted by Gasteiger charge is -2.16. The van der Waals surface area contributed by atoms with E-state index in [9.17, 15) is 9.59 Å². The number of amides is 1. The molecular formula is C16H18ClN3O2S. The lowest BCUT2D eigenvalue weighted by molar-refractivity contribution is -0.113. The molecule has 1 amide bonds. The molecule has 0 saturated heterocycles. The Morgan fingerprint density at radius 2 is 2.04 bits per heavy atom. The number of halogens is 1. The highest BCUT2D eigenvalue weighted by atomic mass is 35.5. The number of carbonyl (C=O) groups is 1. The molecule has 2 aromatic rings. The standard InChI is InChI=1S/C16H18ClN3O2S/c1-3-9(2)20-15-13(16(22)19-20)14(23-8-12(21)18-15)10-4-6-11(17)7-5-10/h4-7,9,14H,3,8H2,1-2H3,(H,18,21)(H,19,22)/t9-,14+/m0/s1. The maximum absolute atomic E-state index is 12.5. The van der Waals surface area contributed by atoms with Crippen LogP contribution in [0.15, 0.2) is 29.1 Å². The number of H-pyrrole nitrogens is 1. The normalized spacial score (nSPS) is 18.9. The molecule has 0 spiro atoms. The van der Waals surface area contributed by atoms with Gasteiger partial charge in [-0.2, -0.15) is 0 Å². The second-order valence-corrected chi connectivity index (χ2v) is 7.15. The third-order valence-electron chi connectivity index (χ3n) is 4.07. The first-order valence-corrected chi connectivity index (χ1v) is 8.95. The van der Waals surface area contributed by atoms with E-state index in [0.717, 1.165) is 12.0 Å². The summed E-state index contributed by atoms with van der Waals surface area (Å²) in [6, 6.07) is 7.51. The molecule has 122 valence electrons. The van der Waals surface area contributed by atoms with E-state index >= 15 is 0 Å². The molecule has 1 aromatic heterocycles. The maximum atomic E-state index is 12.5. The van der Waals surface area contributed by atoms with Gasteiger partial charge in [-0.05, 0) is 31.0 Å². The molecule has 2 atom stereocenters. The van der Waals surface area contributed by atoms with Crippen LogP contribution in [-0.4, -0.2) is 21.4 Å². The summed E-state index contributed by atoms with van der Waals surface area (Å²) in [5, 5.41) is 6.20. The number of hydrogen-bond acceptors (Lipinski definition) is 3. The van der Waals surface area contributed by atoms with Crippen LogP contribution >= 0.6 is 23.4 Å². The lowest BCUT2D eigenvalue weighted by atomic mass is 10.1. The van der Waals surface area contributed by atoms with Crippen LogP contribution in [0, 0.1) is 0 Å². The van der Waals surface area contributed by atoms with Crippen LogP contribution in [0.1, 0.15) is 42.7 Å². The molecular weight excluding hydrogens is 334 g/mol. The van der Waals surface area contributed by atoms with Gasteiger partial charge in [-0.3, -0.25) is 19.4 Å². The van der Waals surface area contributed by atoms with Gasteiger partial charge in [0.25, 0.3) is 5.56 Å². The van der Waals surface area contributed by atoms with Crippen molar-refractivity contribution in [3.63, 3.8) is 0 Å². The van der Waals surface area contributed by atoms with Crippen molar-refractivity contribution in [2.75, 3.05) is 11.1 Å². The summed E-state index contributed by atoms with van der Waals surface area (Å²) >= 11 is 7.41. The lowest BCUT2D eigenvalue weighted by Crippen LogP contribution is -2.18. The van der Waals surface area contributed by atoms with Crippen molar-refractivity contribution >= 4 is 35.1 Å². The molecule has 23 heavy (non-hydrogen) atoms. The highest BCUT2D eigenvalue weighted by Crippen LogP contribution is 2.40. The number of anilines is 1. The average molecular weight is 352 g/mol. The molecule has 7 heteroatoms. The first kappa shape index (κ1) is 16.2. The molecule has 2 heterocycles. The molecule has 0 bridgehead atoms. The van der Waals surface area contributed by atoms with E-state index < -0.39 is 0 Å². The maximum Gasteiger partial charge on any atom is 0.270 e. The Balaban J connectivity index is 2.15. The van der Waals surface area contributed by atoms with Crippen molar-refractivity contribution in [1.29, 1.82) is 0 Å². The van der Waals surface area contributed by atoms with Crippen molar-refractivity contribution in [2.24, 2.45) is 0 Å². The van der Waals surface area contributed by atoms with Crippen molar-refractivity contribution < 1.29 is 4.79 Å². The summed E-state index contributed by atoms with van der Waals surface area (Å²) in [5.41, 5.74) is 1.41. The Hall–Kier alpha value is -1.66. The summed E-state index contributed by atoms with van der Waals surface area (Å²) in [6.07, 6.45) is 0.853.